The van der Waals surface area contributed by atoms with Gasteiger partial charge >= 0.3 is 11.9 Å². The third-order valence-electron chi connectivity index (χ3n) is 4.00. The molecule has 0 aliphatic carbocycles. The van der Waals surface area contributed by atoms with Crippen molar-refractivity contribution in [3.8, 4) is 5.69 Å². The third-order valence-corrected chi connectivity index (χ3v) is 4.33. The number of hydrogen-bond donors (Lipinski definition) is 0. The number of rotatable bonds is 6. The minimum absolute atomic E-state index is 0.0370. The summed E-state index contributed by atoms with van der Waals surface area (Å²) in [7, 11) is 0.906. The van der Waals surface area contributed by atoms with Crippen molar-refractivity contribution in [3.05, 3.63) is 74.0 Å². The minimum Gasteiger partial charge on any atom is -0.353 e. The Kier molecular flexibility index (Phi) is 13.4. The van der Waals surface area contributed by atoms with Gasteiger partial charge in [0.25, 0.3) is 5.56 Å². The molecule has 11 heteroatoms. The second-order valence-corrected chi connectivity index (χ2v) is 7.06. The van der Waals surface area contributed by atoms with Crippen molar-refractivity contribution in [2.75, 3.05) is 13.2 Å². The number of allylic oxidation sites excluding steroid dienone is 1. The number of Topliss-reactive ketones (excluding diaryl/α,β-unsaturated/α-hetero) is 1. The van der Waals surface area contributed by atoms with E-state index in [4.69, 9.17) is 21.1 Å². The Labute approximate surface area is 201 Å². The van der Waals surface area contributed by atoms with Gasteiger partial charge in [-0.2, -0.15) is 13.2 Å². The predicted molar refractivity (Wildman–Crippen MR) is 126 cm³/mol. The highest BCUT2D eigenvalue weighted by atomic mass is 35.5. The van der Waals surface area contributed by atoms with Gasteiger partial charge < -0.3 is 9.47 Å². The second kappa shape index (κ2) is 14.5. The Hall–Kier alpha value is -2.69. The number of carbonyl (C=O) groups excluding carboxylic acids is 1. The summed E-state index contributed by atoms with van der Waals surface area (Å²) in [6.07, 6.45) is -3.12. The van der Waals surface area contributed by atoms with Gasteiger partial charge in [-0.1, -0.05) is 17.7 Å². The van der Waals surface area contributed by atoms with Crippen LogP contribution in [0.2, 0.25) is 5.02 Å². The molecule has 7 nitrogen and oxygen atoms in total. The first-order valence-corrected chi connectivity index (χ1v) is 10.7. The molecular weight excluding hydrogens is 477 g/mol. The lowest BCUT2D eigenvalue weighted by Crippen LogP contribution is -2.40. The topological polar surface area (TPSA) is 79.5 Å². The van der Waals surface area contributed by atoms with Crippen LogP contribution in [0.4, 0.5) is 13.2 Å². The van der Waals surface area contributed by atoms with Crippen molar-refractivity contribution in [2.45, 2.75) is 47.1 Å². The maximum absolute atomic E-state index is 12.8. The zero-order valence-corrected chi connectivity index (χ0v) is 20.8. The first-order valence-electron chi connectivity index (χ1n) is 10.3. The van der Waals surface area contributed by atoms with E-state index in [2.05, 4.69) is 6.58 Å². The Morgan fingerprint density at radius 2 is 1.68 bits per heavy atom. The third kappa shape index (κ3) is 9.28. The van der Waals surface area contributed by atoms with Crippen LogP contribution in [0.1, 0.15) is 50.7 Å². The largest absolute Gasteiger partial charge is 0.431 e. The van der Waals surface area contributed by atoms with E-state index in [9.17, 15) is 27.6 Å². The summed E-state index contributed by atoms with van der Waals surface area (Å²) in [5, 5.41) is 0.109. The molecule has 1 aromatic heterocycles. The van der Waals surface area contributed by atoms with E-state index in [-0.39, 0.29) is 22.6 Å². The first-order chi connectivity index (χ1) is 15.8. The van der Waals surface area contributed by atoms with E-state index < -0.39 is 28.9 Å². The number of ketones is 1. The highest BCUT2D eigenvalue weighted by Crippen LogP contribution is 2.27. The lowest BCUT2D eigenvalue weighted by Gasteiger charge is -2.14. The van der Waals surface area contributed by atoms with Crippen LogP contribution >= 0.6 is 11.6 Å². The molecule has 34 heavy (non-hydrogen) atoms. The zero-order valence-electron chi connectivity index (χ0n) is 20.0. The summed E-state index contributed by atoms with van der Waals surface area (Å²) in [6, 6.07) is 4.06. The van der Waals surface area contributed by atoms with Gasteiger partial charge in [-0.25, -0.2) is 9.36 Å². The van der Waals surface area contributed by atoms with Crippen LogP contribution < -0.4 is 11.2 Å². The molecule has 2 rings (SSSR count). The maximum atomic E-state index is 12.8. The number of carbonyl (C=O) groups is 1. The highest BCUT2D eigenvalue weighted by molar-refractivity contribution is 6.33. The van der Waals surface area contributed by atoms with Crippen molar-refractivity contribution in [2.24, 2.45) is 7.05 Å². The van der Waals surface area contributed by atoms with Gasteiger partial charge in [0.1, 0.15) is 5.69 Å². The van der Waals surface area contributed by atoms with Gasteiger partial charge in [-0.3, -0.25) is 14.2 Å². The molecule has 0 fully saturated rings. The number of hydrogen-bond acceptors (Lipinski definition) is 5. The number of benzene rings is 1. The fourth-order valence-electron chi connectivity index (χ4n) is 2.57. The standard InChI is InChI=1S/C14H10ClF3N2O3.C6H14O2.C3H6/c1-7(21)9-5-8(3-4-10(9)15)20-12(22)6-11(14(16,17)18)19(2)13(20)23;1-4-7-6(3)8-5-2;1-3-2/h3-6H,1-2H3;6H,4-5H2,1-3H3;3H,1H2,2H3. The lowest BCUT2D eigenvalue weighted by atomic mass is 10.1. The SMILES string of the molecule is C=CC.CC(=O)c1cc(-n2c(=O)cc(C(F)(F)F)n(C)c2=O)ccc1Cl.CCOC(C)OCC. The normalized spacial score (nSPS) is 10.7. The van der Waals surface area contributed by atoms with Gasteiger partial charge in [0.05, 0.1) is 10.7 Å². The van der Waals surface area contributed by atoms with E-state index in [1.807, 2.05) is 27.7 Å². The molecule has 0 amide bonds. The molecular formula is C23H30ClF3N2O5. The van der Waals surface area contributed by atoms with Crippen LogP contribution in [0.5, 0.6) is 0 Å². The minimum atomic E-state index is -4.84. The molecule has 0 bridgehead atoms. The molecule has 190 valence electrons. The van der Waals surface area contributed by atoms with Crippen LogP contribution in [-0.2, 0) is 22.7 Å². The molecule has 0 radical (unpaired) electrons. The molecule has 0 atom stereocenters. The average molecular weight is 507 g/mol. The second-order valence-electron chi connectivity index (χ2n) is 6.65. The molecule has 0 unspecified atom stereocenters. The van der Waals surface area contributed by atoms with Gasteiger partial charge in [0.2, 0.25) is 0 Å². The van der Waals surface area contributed by atoms with Crippen LogP contribution in [0.15, 0.2) is 46.5 Å². The molecule has 0 N–H and O–H groups in total. The molecule has 0 aliphatic heterocycles. The van der Waals surface area contributed by atoms with Crippen molar-refractivity contribution in [1.29, 1.82) is 0 Å². The molecule has 1 heterocycles. The van der Waals surface area contributed by atoms with Crippen molar-refractivity contribution < 1.29 is 27.4 Å². The fraction of sp³-hybridized carbons (Fsp3) is 0.435. The Morgan fingerprint density at radius 3 is 2.09 bits per heavy atom. The molecule has 2 aromatic rings. The summed E-state index contributed by atoms with van der Waals surface area (Å²) in [5.41, 5.74) is -3.68. The number of nitrogens with zero attached hydrogens (tertiary/aromatic N) is 2. The van der Waals surface area contributed by atoms with E-state index in [1.165, 1.54) is 25.1 Å². The maximum Gasteiger partial charge on any atom is 0.431 e. The smallest absolute Gasteiger partial charge is 0.353 e. The number of halogens is 4. The summed E-state index contributed by atoms with van der Waals surface area (Å²) in [5.74, 6) is -0.409. The summed E-state index contributed by atoms with van der Waals surface area (Å²) >= 11 is 5.83. The van der Waals surface area contributed by atoms with Gasteiger partial charge in [-0.05, 0) is 52.8 Å². The van der Waals surface area contributed by atoms with Crippen LogP contribution in [0.25, 0.3) is 5.69 Å². The lowest BCUT2D eigenvalue weighted by molar-refractivity contribution is -0.144. The zero-order chi connectivity index (χ0) is 26.6. The highest BCUT2D eigenvalue weighted by Gasteiger charge is 2.35. The predicted octanol–water partition coefficient (Wildman–Crippen LogP) is 5.01. The molecule has 0 saturated heterocycles. The quantitative estimate of drug-likeness (QED) is 0.312. The first kappa shape index (κ1) is 31.3. The molecule has 0 aliphatic rings. The summed E-state index contributed by atoms with van der Waals surface area (Å²) in [6.45, 7) is 13.7. The van der Waals surface area contributed by atoms with Crippen LogP contribution in [-0.4, -0.2) is 34.4 Å². The van der Waals surface area contributed by atoms with E-state index in [1.54, 1.807) is 6.08 Å². The van der Waals surface area contributed by atoms with Crippen molar-refractivity contribution in [1.82, 2.24) is 9.13 Å². The molecule has 0 spiro atoms. The Bertz CT molecular complexity index is 1070. The number of aromatic nitrogens is 2. The summed E-state index contributed by atoms with van der Waals surface area (Å²) in [4.78, 5) is 35.6. The van der Waals surface area contributed by atoms with Crippen molar-refractivity contribution >= 4 is 17.4 Å². The average Bonchev–Trinajstić information content (AvgIpc) is 2.72. The number of ether oxygens (including phenoxy) is 2. The van der Waals surface area contributed by atoms with E-state index in [0.29, 0.717) is 15.2 Å². The van der Waals surface area contributed by atoms with Crippen molar-refractivity contribution in [3.63, 3.8) is 0 Å². The monoisotopic (exact) mass is 506 g/mol. The molecule has 1 aromatic carbocycles. The number of alkyl halides is 3. The van der Waals surface area contributed by atoms with Gasteiger partial charge in [0.15, 0.2) is 12.1 Å². The molecule has 0 saturated carbocycles. The van der Waals surface area contributed by atoms with Gasteiger partial charge in [-0.15, -0.1) is 6.58 Å². The summed E-state index contributed by atoms with van der Waals surface area (Å²) < 4.78 is 49.4. The Balaban J connectivity index is 0.000000830. The fourth-order valence-corrected chi connectivity index (χ4v) is 2.83. The van der Waals surface area contributed by atoms with Crippen LogP contribution in [0, 0.1) is 0 Å². The van der Waals surface area contributed by atoms with E-state index >= 15 is 0 Å². The Morgan fingerprint density at radius 1 is 1.18 bits per heavy atom. The van der Waals surface area contributed by atoms with Gasteiger partial charge in [0, 0.05) is 31.9 Å². The van der Waals surface area contributed by atoms with E-state index in [0.717, 1.165) is 20.3 Å². The van der Waals surface area contributed by atoms with Crippen LogP contribution in [0.3, 0.4) is 0 Å².